The average Bonchev–Trinajstić information content (AvgIpc) is 2.77. The first-order valence-electron chi connectivity index (χ1n) is 7.14. The number of rotatable bonds is 2. The van der Waals surface area contributed by atoms with Crippen molar-refractivity contribution >= 4 is 11.6 Å². The molecule has 0 saturated carbocycles. The number of likely N-dealkylation sites (N-methyl/N-ethyl adjacent to an activating group) is 1. The molecule has 1 fully saturated rings. The van der Waals surface area contributed by atoms with Crippen LogP contribution in [0.25, 0.3) is 0 Å². The van der Waals surface area contributed by atoms with Gasteiger partial charge in [-0.25, -0.2) is 0 Å². The van der Waals surface area contributed by atoms with Crippen molar-refractivity contribution in [1.29, 1.82) is 0 Å². The third-order valence-corrected chi connectivity index (χ3v) is 5.31. The summed E-state index contributed by atoms with van der Waals surface area (Å²) >= 11 is 0. The second-order valence-electron chi connectivity index (χ2n) is 6.25. The van der Waals surface area contributed by atoms with Crippen LogP contribution in [0, 0.1) is 0 Å². The van der Waals surface area contributed by atoms with Crippen molar-refractivity contribution in [2.24, 2.45) is 0 Å². The molecule has 3 rings (SSSR count). The van der Waals surface area contributed by atoms with E-state index in [-0.39, 0.29) is 17.0 Å². The predicted octanol–water partition coefficient (Wildman–Crippen LogP) is 2.37. The van der Waals surface area contributed by atoms with E-state index in [0.29, 0.717) is 6.54 Å². The Bertz CT molecular complexity index is 582. The summed E-state index contributed by atoms with van der Waals surface area (Å²) in [7, 11) is 1.69. The maximum Gasteiger partial charge on any atom is 0.244 e. The molecule has 0 aromatic heterocycles. The van der Waals surface area contributed by atoms with Crippen molar-refractivity contribution in [2.45, 2.75) is 38.8 Å². The number of carbonyl (C=O) groups is 1. The van der Waals surface area contributed by atoms with E-state index < -0.39 is 0 Å². The summed E-state index contributed by atoms with van der Waals surface area (Å²) in [6.07, 6.45) is 0. The maximum absolute atomic E-state index is 12.3. The van der Waals surface area contributed by atoms with Gasteiger partial charge in [0.15, 0.2) is 0 Å². The fraction of sp³-hybridized carbons (Fsp3) is 0.562. The minimum absolute atomic E-state index is 0.140. The lowest BCUT2D eigenvalue weighted by molar-refractivity contribution is -0.131. The first-order chi connectivity index (χ1) is 9.37. The summed E-state index contributed by atoms with van der Waals surface area (Å²) in [6.45, 7) is 9.85. The van der Waals surface area contributed by atoms with Gasteiger partial charge in [-0.05, 0) is 37.6 Å². The lowest BCUT2D eigenvalue weighted by atomic mass is 9.76. The molecule has 2 aliphatic heterocycles. The van der Waals surface area contributed by atoms with Crippen LogP contribution >= 0.6 is 0 Å². The molecule has 1 aromatic rings. The molecule has 1 unspecified atom stereocenters. The lowest BCUT2D eigenvalue weighted by Gasteiger charge is -2.45. The third kappa shape index (κ3) is 1.29. The SMILES string of the molecule is CCN1C(=O)CN2c3ccc(OC)cc3C(C)(C)C12C. The number of methoxy groups -OCH3 is 1. The van der Waals surface area contributed by atoms with Crippen molar-refractivity contribution in [3.05, 3.63) is 23.8 Å². The van der Waals surface area contributed by atoms with Gasteiger partial charge in [-0.2, -0.15) is 0 Å². The highest BCUT2D eigenvalue weighted by molar-refractivity contribution is 5.90. The molecule has 1 atom stereocenters. The molecule has 4 nitrogen and oxygen atoms in total. The Balaban J connectivity index is 2.21. The molecular formula is C16H22N2O2. The quantitative estimate of drug-likeness (QED) is 0.830. The molecule has 1 amide bonds. The van der Waals surface area contributed by atoms with E-state index >= 15 is 0 Å². The molecule has 2 heterocycles. The van der Waals surface area contributed by atoms with Crippen molar-refractivity contribution in [3.8, 4) is 5.75 Å². The number of fused-ring (bicyclic) bond motifs is 3. The van der Waals surface area contributed by atoms with Crippen molar-refractivity contribution in [3.63, 3.8) is 0 Å². The number of hydrogen-bond acceptors (Lipinski definition) is 3. The number of anilines is 1. The van der Waals surface area contributed by atoms with Crippen molar-refractivity contribution in [1.82, 2.24) is 4.90 Å². The van der Waals surface area contributed by atoms with E-state index in [4.69, 9.17) is 4.74 Å². The second kappa shape index (κ2) is 3.90. The van der Waals surface area contributed by atoms with Crippen molar-refractivity contribution in [2.75, 3.05) is 25.1 Å². The van der Waals surface area contributed by atoms with E-state index in [9.17, 15) is 4.79 Å². The Hall–Kier alpha value is -1.71. The number of ether oxygens (including phenoxy) is 1. The van der Waals surface area contributed by atoms with Crippen LogP contribution in [0.5, 0.6) is 5.75 Å². The minimum Gasteiger partial charge on any atom is -0.497 e. The Morgan fingerprint density at radius 2 is 2.00 bits per heavy atom. The van der Waals surface area contributed by atoms with Gasteiger partial charge in [0.25, 0.3) is 0 Å². The zero-order valence-electron chi connectivity index (χ0n) is 12.9. The fourth-order valence-electron chi connectivity index (χ4n) is 3.88. The lowest BCUT2D eigenvalue weighted by Crippen LogP contribution is -2.59. The van der Waals surface area contributed by atoms with Crippen LogP contribution in [0.4, 0.5) is 5.69 Å². The van der Waals surface area contributed by atoms with E-state index in [1.165, 1.54) is 5.56 Å². The summed E-state index contributed by atoms with van der Waals surface area (Å²) < 4.78 is 5.36. The highest BCUT2D eigenvalue weighted by Crippen LogP contribution is 2.55. The minimum atomic E-state index is -0.298. The molecule has 108 valence electrons. The standard InChI is InChI=1S/C16H22N2O2/c1-6-17-14(19)10-18-13-8-7-11(20-5)9-12(13)15(2,3)16(17,18)4/h7-9H,6,10H2,1-5H3. The molecular weight excluding hydrogens is 252 g/mol. The molecule has 0 bridgehead atoms. The number of amides is 1. The summed E-state index contributed by atoms with van der Waals surface area (Å²) in [5.74, 6) is 1.08. The molecule has 0 spiro atoms. The Kier molecular flexibility index (Phi) is 2.59. The van der Waals surface area contributed by atoms with Gasteiger partial charge in [0.2, 0.25) is 5.91 Å². The topological polar surface area (TPSA) is 32.8 Å². The van der Waals surface area contributed by atoms with Gasteiger partial charge in [0.1, 0.15) is 11.4 Å². The van der Waals surface area contributed by atoms with Gasteiger partial charge >= 0.3 is 0 Å². The Labute approximate surface area is 120 Å². The summed E-state index contributed by atoms with van der Waals surface area (Å²) in [6, 6.07) is 6.16. The van der Waals surface area contributed by atoms with Crippen LogP contribution in [-0.2, 0) is 10.2 Å². The summed E-state index contributed by atoms with van der Waals surface area (Å²) in [4.78, 5) is 16.5. The summed E-state index contributed by atoms with van der Waals surface area (Å²) in [5, 5.41) is 0. The summed E-state index contributed by atoms with van der Waals surface area (Å²) in [5.41, 5.74) is 1.97. The molecule has 0 aliphatic carbocycles. The Morgan fingerprint density at radius 3 is 2.60 bits per heavy atom. The largest absolute Gasteiger partial charge is 0.497 e. The van der Waals surface area contributed by atoms with Crippen LogP contribution in [-0.4, -0.2) is 36.7 Å². The van der Waals surface area contributed by atoms with E-state index in [0.717, 1.165) is 18.0 Å². The first kappa shape index (κ1) is 13.3. The normalized spacial score (nSPS) is 26.8. The molecule has 4 heteroatoms. The molecule has 0 radical (unpaired) electrons. The number of carbonyl (C=O) groups excluding carboxylic acids is 1. The molecule has 1 saturated heterocycles. The molecule has 20 heavy (non-hydrogen) atoms. The van der Waals surface area contributed by atoms with Crippen LogP contribution < -0.4 is 9.64 Å². The van der Waals surface area contributed by atoms with Gasteiger partial charge in [-0.15, -0.1) is 0 Å². The van der Waals surface area contributed by atoms with Gasteiger partial charge in [0.05, 0.1) is 13.7 Å². The average molecular weight is 274 g/mol. The highest BCUT2D eigenvalue weighted by atomic mass is 16.5. The second-order valence-corrected chi connectivity index (χ2v) is 6.25. The van der Waals surface area contributed by atoms with E-state index in [1.807, 2.05) is 17.9 Å². The zero-order valence-corrected chi connectivity index (χ0v) is 12.9. The van der Waals surface area contributed by atoms with Crippen LogP contribution in [0.3, 0.4) is 0 Å². The fourth-order valence-corrected chi connectivity index (χ4v) is 3.88. The van der Waals surface area contributed by atoms with E-state index in [2.05, 4.69) is 37.8 Å². The molecule has 1 aromatic carbocycles. The number of hydrogen-bond donors (Lipinski definition) is 0. The third-order valence-electron chi connectivity index (χ3n) is 5.31. The van der Waals surface area contributed by atoms with Gasteiger partial charge in [0, 0.05) is 17.6 Å². The Morgan fingerprint density at radius 1 is 1.30 bits per heavy atom. The van der Waals surface area contributed by atoms with Crippen molar-refractivity contribution < 1.29 is 9.53 Å². The van der Waals surface area contributed by atoms with Crippen LogP contribution in [0.15, 0.2) is 18.2 Å². The monoisotopic (exact) mass is 274 g/mol. The van der Waals surface area contributed by atoms with Gasteiger partial charge in [-0.1, -0.05) is 13.8 Å². The van der Waals surface area contributed by atoms with Gasteiger partial charge in [-0.3, -0.25) is 4.79 Å². The van der Waals surface area contributed by atoms with Crippen LogP contribution in [0.2, 0.25) is 0 Å². The van der Waals surface area contributed by atoms with E-state index in [1.54, 1.807) is 7.11 Å². The predicted molar refractivity (Wildman–Crippen MR) is 79.2 cm³/mol. The highest BCUT2D eigenvalue weighted by Gasteiger charge is 2.62. The number of benzene rings is 1. The molecule has 2 aliphatic rings. The molecule has 0 N–H and O–H groups in total. The smallest absolute Gasteiger partial charge is 0.244 e. The zero-order chi connectivity index (χ0) is 14.7. The first-order valence-corrected chi connectivity index (χ1v) is 7.14. The van der Waals surface area contributed by atoms with Gasteiger partial charge < -0.3 is 14.5 Å². The maximum atomic E-state index is 12.3. The number of nitrogens with zero attached hydrogens (tertiary/aromatic N) is 2. The van der Waals surface area contributed by atoms with Crippen LogP contribution in [0.1, 0.15) is 33.3 Å².